The third-order valence-corrected chi connectivity index (χ3v) is 5.09. The molecule has 0 amide bonds. The second kappa shape index (κ2) is 9.72. The van der Waals surface area contributed by atoms with Crippen LogP contribution in [0.2, 0.25) is 0 Å². The number of halogens is 1. The molecule has 0 aliphatic heterocycles. The molecule has 2 N–H and O–H groups in total. The van der Waals surface area contributed by atoms with Gasteiger partial charge in [0.25, 0.3) is 0 Å². The Bertz CT molecular complexity index is 656. The van der Waals surface area contributed by atoms with Crippen molar-refractivity contribution < 1.29 is 0 Å². The molecular weight excluding hydrogens is 451 g/mol. The molecule has 0 fully saturated rings. The SMILES string of the molecule is CCNC(=NCc1ccc(C)s1)NCc1nc(C(C)(C)C)cs1.I. The Balaban J connectivity index is 0.00000288. The van der Waals surface area contributed by atoms with Crippen LogP contribution in [0, 0.1) is 6.92 Å². The third kappa shape index (κ3) is 6.68. The maximum absolute atomic E-state index is 4.71. The predicted molar refractivity (Wildman–Crippen MR) is 117 cm³/mol. The molecule has 4 nitrogen and oxygen atoms in total. The predicted octanol–water partition coefficient (Wildman–Crippen LogP) is 4.68. The average Bonchev–Trinajstić information content (AvgIpc) is 3.10. The summed E-state index contributed by atoms with van der Waals surface area (Å²) in [6.07, 6.45) is 0. The number of hydrogen-bond acceptors (Lipinski definition) is 4. The number of nitrogens with one attached hydrogen (secondary N) is 2. The first-order valence-corrected chi connectivity index (χ1v) is 9.60. The van der Waals surface area contributed by atoms with Gasteiger partial charge in [-0.05, 0) is 26.0 Å². The van der Waals surface area contributed by atoms with E-state index in [4.69, 9.17) is 4.98 Å². The fourth-order valence-electron chi connectivity index (χ4n) is 1.96. The minimum atomic E-state index is 0. The van der Waals surface area contributed by atoms with Crippen LogP contribution in [0.15, 0.2) is 22.5 Å². The molecule has 0 bridgehead atoms. The topological polar surface area (TPSA) is 49.3 Å². The molecule has 2 heterocycles. The highest BCUT2D eigenvalue weighted by molar-refractivity contribution is 14.0. The summed E-state index contributed by atoms with van der Waals surface area (Å²) in [5.41, 5.74) is 1.25. The van der Waals surface area contributed by atoms with E-state index in [1.165, 1.54) is 9.75 Å². The Morgan fingerprint density at radius 1 is 1.25 bits per heavy atom. The summed E-state index contributed by atoms with van der Waals surface area (Å²) in [6, 6.07) is 4.28. The van der Waals surface area contributed by atoms with Crippen LogP contribution in [0.1, 0.15) is 48.2 Å². The molecule has 2 aromatic rings. The molecule has 7 heteroatoms. The van der Waals surface area contributed by atoms with Crippen LogP contribution >= 0.6 is 46.7 Å². The number of hydrogen-bond donors (Lipinski definition) is 2. The number of rotatable bonds is 5. The van der Waals surface area contributed by atoms with Gasteiger partial charge in [-0.2, -0.15) is 0 Å². The van der Waals surface area contributed by atoms with Crippen molar-refractivity contribution >= 4 is 52.6 Å². The maximum atomic E-state index is 4.71. The third-order valence-electron chi connectivity index (χ3n) is 3.26. The van der Waals surface area contributed by atoms with Crippen LogP contribution in [-0.4, -0.2) is 17.5 Å². The van der Waals surface area contributed by atoms with Gasteiger partial charge in [-0.3, -0.25) is 0 Å². The van der Waals surface area contributed by atoms with Gasteiger partial charge in [-0.25, -0.2) is 9.98 Å². The molecule has 0 unspecified atom stereocenters. The van der Waals surface area contributed by atoms with Crippen molar-refractivity contribution in [1.82, 2.24) is 15.6 Å². The second-order valence-corrected chi connectivity index (χ2v) is 8.75. The lowest BCUT2D eigenvalue weighted by Crippen LogP contribution is -2.36. The summed E-state index contributed by atoms with van der Waals surface area (Å²) < 4.78 is 0. The van der Waals surface area contributed by atoms with Crippen LogP contribution in [0.3, 0.4) is 0 Å². The molecular formula is C17H27IN4S2. The van der Waals surface area contributed by atoms with Gasteiger partial charge >= 0.3 is 0 Å². The van der Waals surface area contributed by atoms with E-state index >= 15 is 0 Å². The molecule has 0 spiro atoms. The van der Waals surface area contributed by atoms with E-state index in [1.54, 1.807) is 22.7 Å². The van der Waals surface area contributed by atoms with E-state index in [0.717, 1.165) is 23.2 Å². The highest BCUT2D eigenvalue weighted by atomic mass is 127. The summed E-state index contributed by atoms with van der Waals surface area (Å²) in [5.74, 6) is 0.839. The van der Waals surface area contributed by atoms with Crippen LogP contribution in [0.4, 0.5) is 0 Å². The molecule has 0 aliphatic rings. The smallest absolute Gasteiger partial charge is 0.191 e. The van der Waals surface area contributed by atoms with Crippen molar-refractivity contribution in [2.45, 2.75) is 53.1 Å². The number of aryl methyl sites for hydroxylation is 1. The van der Waals surface area contributed by atoms with Crippen molar-refractivity contribution in [2.75, 3.05) is 6.54 Å². The first-order valence-electron chi connectivity index (χ1n) is 7.91. The van der Waals surface area contributed by atoms with Gasteiger partial charge in [0.2, 0.25) is 0 Å². The summed E-state index contributed by atoms with van der Waals surface area (Å²) in [7, 11) is 0. The Kier molecular flexibility index (Phi) is 8.66. The zero-order chi connectivity index (χ0) is 16.9. The molecule has 0 atom stereocenters. The number of aromatic nitrogens is 1. The summed E-state index contributed by atoms with van der Waals surface area (Å²) in [6.45, 7) is 13.0. The fourth-order valence-corrected chi connectivity index (χ4v) is 3.74. The minimum absolute atomic E-state index is 0. The van der Waals surface area contributed by atoms with Gasteiger partial charge in [0.05, 0.1) is 18.8 Å². The summed E-state index contributed by atoms with van der Waals surface area (Å²) in [5, 5.41) is 9.90. The van der Waals surface area contributed by atoms with Crippen molar-refractivity contribution in [3.05, 3.63) is 38.0 Å². The number of thiazole rings is 1. The Hall–Kier alpha value is -0.670. The summed E-state index contributed by atoms with van der Waals surface area (Å²) >= 11 is 3.50. The highest BCUT2D eigenvalue weighted by Crippen LogP contribution is 2.23. The molecule has 24 heavy (non-hydrogen) atoms. The molecule has 0 radical (unpaired) electrons. The van der Waals surface area contributed by atoms with Gasteiger partial charge < -0.3 is 10.6 Å². The Labute approximate surface area is 170 Å². The molecule has 2 aromatic heterocycles. The van der Waals surface area contributed by atoms with Gasteiger partial charge in [0.15, 0.2) is 5.96 Å². The quantitative estimate of drug-likeness (QED) is 0.373. The van der Waals surface area contributed by atoms with E-state index in [0.29, 0.717) is 13.1 Å². The fraction of sp³-hybridized carbons (Fsp3) is 0.529. The van der Waals surface area contributed by atoms with E-state index < -0.39 is 0 Å². The number of nitrogens with zero attached hydrogens (tertiary/aromatic N) is 2. The van der Waals surface area contributed by atoms with Crippen molar-refractivity contribution in [3.63, 3.8) is 0 Å². The lowest BCUT2D eigenvalue weighted by Gasteiger charge is -2.14. The first-order chi connectivity index (χ1) is 10.9. The van der Waals surface area contributed by atoms with E-state index in [-0.39, 0.29) is 29.4 Å². The average molecular weight is 478 g/mol. The van der Waals surface area contributed by atoms with E-state index in [9.17, 15) is 0 Å². The number of thiophene rings is 1. The molecule has 2 rings (SSSR count). The molecule has 134 valence electrons. The van der Waals surface area contributed by atoms with Gasteiger partial charge in [-0.1, -0.05) is 20.8 Å². The standard InChI is InChI=1S/C17H26N4S2.HI/c1-6-18-16(19-9-13-8-7-12(2)23-13)20-10-15-21-14(11-22-15)17(3,4)5;/h7-8,11H,6,9-10H2,1-5H3,(H2,18,19,20);1H. The van der Waals surface area contributed by atoms with Crippen LogP contribution in [0.5, 0.6) is 0 Å². The van der Waals surface area contributed by atoms with E-state index in [2.05, 4.69) is 67.8 Å². The number of guanidine groups is 1. The zero-order valence-corrected chi connectivity index (χ0v) is 18.9. The monoisotopic (exact) mass is 478 g/mol. The minimum Gasteiger partial charge on any atom is -0.357 e. The second-order valence-electron chi connectivity index (χ2n) is 6.44. The first kappa shape index (κ1) is 21.4. The largest absolute Gasteiger partial charge is 0.357 e. The molecule has 0 saturated heterocycles. The molecule has 0 saturated carbocycles. The highest BCUT2D eigenvalue weighted by Gasteiger charge is 2.17. The van der Waals surface area contributed by atoms with Crippen molar-refractivity contribution in [1.29, 1.82) is 0 Å². The van der Waals surface area contributed by atoms with Crippen LogP contribution < -0.4 is 10.6 Å². The Morgan fingerprint density at radius 3 is 2.54 bits per heavy atom. The van der Waals surface area contributed by atoms with Crippen molar-refractivity contribution in [2.24, 2.45) is 4.99 Å². The maximum Gasteiger partial charge on any atom is 0.191 e. The van der Waals surface area contributed by atoms with Gasteiger partial charge in [0, 0.05) is 27.1 Å². The van der Waals surface area contributed by atoms with Crippen LogP contribution in [0.25, 0.3) is 0 Å². The summed E-state index contributed by atoms with van der Waals surface area (Å²) in [4.78, 5) is 12.0. The molecule has 0 aliphatic carbocycles. The van der Waals surface area contributed by atoms with Crippen LogP contribution in [-0.2, 0) is 18.5 Å². The Morgan fingerprint density at radius 2 is 2.00 bits per heavy atom. The zero-order valence-electron chi connectivity index (χ0n) is 15.0. The normalized spacial score (nSPS) is 12.0. The lowest BCUT2D eigenvalue weighted by molar-refractivity contribution is 0.570. The molecule has 0 aromatic carbocycles. The number of aliphatic imine (C=N–C) groups is 1. The van der Waals surface area contributed by atoms with E-state index in [1.807, 2.05) is 0 Å². The van der Waals surface area contributed by atoms with Gasteiger partial charge in [0.1, 0.15) is 5.01 Å². The van der Waals surface area contributed by atoms with Crippen molar-refractivity contribution in [3.8, 4) is 0 Å². The lowest BCUT2D eigenvalue weighted by atomic mass is 9.93. The van der Waals surface area contributed by atoms with Gasteiger partial charge in [-0.15, -0.1) is 46.7 Å².